The van der Waals surface area contributed by atoms with Crippen molar-refractivity contribution in [1.29, 1.82) is 0 Å². The second-order valence-electron chi connectivity index (χ2n) is 5.66. The molecule has 1 aromatic rings. The molecule has 2 aliphatic rings. The topological polar surface area (TPSA) is 61.0 Å². The quantitative estimate of drug-likeness (QED) is 0.921. The van der Waals surface area contributed by atoms with Gasteiger partial charge in [0.1, 0.15) is 11.9 Å². The lowest BCUT2D eigenvalue weighted by molar-refractivity contribution is -0.000205. The highest BCUT2D eigenvalue weighted by molar-refractivity contribution is 7.98. The Morgan fingerprint density at radius 1 is 1.25 bits per heavy atom. The normalized spacial score (nSPS) is 20.9. The van der Waals surface area contributed by atoms with Crippen LogP contribution in [0.15, 0.2) is 0 Å². The highest BCUT2D eigenvalue weighted by Gasteiger charge is 2.29. The molecule has 110 valence electrons. The largest absolute Gasteiger partial charge is 0.383 e. The lowest BCUT2D eigenvalue weighted by Gasteiger charge is -2.29. The number of rotatable bonds is 4. The van der Waals surface area contributed by atoms with Gasteiger partial charge in [-0.3, -0.25) is 0 Å². The Morgan fingerprint density at radius 3 is 2.80 bits per heavy atom. The molecule has 2 N–H and O–H groups in total. The molecular formula is C15H23N3OS. The van der Waals surface area contributed by atoms with Gasteiger partial charge in [0.15, 0.2) is 5.82 Å². The Labute approximate surface area is 124 Å². The molecule has 1 fully saturated rings. The van der Waals surface area contributed by atoms with Crippen LogP contribution in [0.1, 0.15) is 62.2 Å². The van der Waals surface area contributed by atoms with Crippen molar-refractivity contribution in [3.05, 3.63) is 17.1 Å². The lowest BCUT2D eigenvalue weighted by Crippen LogP contribution is -2.22. The van der Waals surface area contributed by atoms with Crippen molar-refractivity contribution in [3.63, 3.8) is 0 Å². The van der Waals surface area contributed by atoms with Crippen LogP contribution < -0.4 is 5.73 Å². The van der Waals surface area contributed by atoms with Crippen LogP contribution in [0.2, 0.25) is 0 Å². The minimum Gasteiger partial charge on any atom is -0.383 e. The van der Waals surface area contributed by atoms with E-state index in [9.17, 15) is 0 Å². The van der Waals surface area contributed by atoms with Crippen LogP contribution in [0.4, 0.5) is 5.82 Å². The van der Waals surface area contributed by atoms with E-state index in [1.54, 1.807) is 0 Å². The second kappa shape index (κ2) is 6.31. The number of nitrogen functional groups attached to an aromatic ring is 1. The molecule has 0 spiro atoms. The van der Waals surface area contributed by atoms with Crippen LogP contribution in [0.5, 0.6) is 0 Å². The van der Waals surface area contributed by atoms with Gasteiger partial charge in [0.2, 0.25) is 0 Å². The van der Waals surface area contributed by atoms with Gasteiger partial charge in [-0.2, -0.15) is 11.8 Å². The average Bonchev–Trinajstić information content (AvgIpc) is 2.94. The summed E-state index contributed by atoms with van der Waals surface area (Å²) in [6, 6.07) is 0. The first-order valence-electron chi connectivity index (χ1n) is 7.64. The molecule has 1 aliphatic carbocycles. The molecule has 1 unspecified atom stereocenters. The Hall–Kier alpha value is -0.810. The van der Waals surface area contributed by atoms with E-state index in [-0.39, 0.29) is 6.10 Å². The number of aromatic nitrogens is 2. The molecule has 0 bridgehead atoms. The van der Waals surface area contributed by atoms with Gasteiger partial charge in [-0.05, 0) is 25.7 Å². The number of hydrogen-bond acceptors (Lipinski definition) is 5. The predicted octanol–water partition coefficient (Wildman–Crippen LogP) is 3.46. The first-order valence-corrected chi connectivity index (χ1v) is 8.79. The highest BCUT2D eigenvalue weighted by atomic mass is 32.2. The summed E-state index contributed by atoms with van der Waals surface area (Å²) in [7, 11) is 0. The van der Waals surface area contributed by atoms with E-state index in [4.69, 9.17) is 15.5 Å². The van der Waals surface area contributed by atoms with Crippen molar-refractivity contribution < 1.29 is 4.74 Å². The van der Waals surface area contributed by atoms with Gasteiger partial charge in [0.05, 0.1) is 5.69 Å². The van der Waals surface area contributed by atoms with Gasteiger partial charge in [-0.1, -0.05) is 19.3 Å². The van der Waals surface area contributed by atoms with Crippen LogP contribution in [0, 0.1) is 5.92 Å². The zero-order chi connectivity index (χ0) is 13.9. The molecular weight excluding hydrogens is 270 g/mol. The van der Waals surface area contributed by atoms with Gasteiger partial charge in [0, 0.05) is 23.7 Å². The monoisotopic (exact) mass is 293 g/mol. The van der Waals surface area contributed by atoms with Crippen LogP contribution in [-0.4, -0.2) is 16.6 Å². The molecule has 1 saturated carbocycles. The highest BCUT2D eigenvalue weighted by Crippen LogP contribution is 2.38. The number of ether oxygens (including phenoxy) is 1. The number of thioether (sulfide) groups is 1. The van der Waals surface area contributed by atoms with Crippen LogP contribution in [-0.2, 0) is 16.2 Å². The molecule has 1 aromatic heterocycles. The average molecular weight is 293 g/mol. The molecule has 0 aromatic carbocycles. The van der Waals surface area contributed by atoms with E-state index in [1.807, 2.05) is 18.7 Å². The van der Waals surface area contributed by atoms with Crippen molar-refractivity contribution in [3.8, 4) is 0 Å². The van der Waals surface area contributed by atoms with E-state index in [0.29, 0.717) is 18.3 Å². The Kier molecular flexibility index (Phi) is 4.46. The summed E-state index contributed by atoms with van der Waals surface area (Å²) in [5.74, 6) is 3.94. The van der Waals surface area contributed by atoms with E-state index in [1.165, 1.54) is 32.1 Å². The number of nitrogens with zero attached hydrogens (tertiary/aromatic N) is 2. The van der Waals surface area contributed by atoms with E-state index < -0.39 is 0 Å². The molecule has 0 amide bonds. The minimum atomic E-state index is 0.0264. The molecule has 1 atom stereocenters. The van der Waals surface area contributed by atoms with Gasteiger partial charge < -0.3 is 10.5 Å². The van der Waals surface area contributed by atoms with E-state index in [0.717, 1.165) is 28.6 Å². The number of nitrogens with two attached hydrogens (primary N) is 1. The maximum atomic E-state index is 6.12. The summed E-state index contributed by atoms with van der Waals surface area (Å²) in [6.45, 7) is 2.75. The molecule has 1 aliphatic heterocycles. The molecule has 4 nitrogen and oxygen atoms in total. The molecule has 5 heteroatoms. The summed E-state index contributed by atoms with van der Waals surface area (Å²) < 4.78 is 5.99. The summed E-state index contributed by atoms with van der Waals surface area (Å²) in [6.07, 6.45) is 6.41. The van der Waals surface area contributed by atoms with E-state index >= 15 is 0 Å². The SMILES string of the molecule is CCOC(c1nc(N)c2c(n1)CSC2)C1CCCCC1. The standard InChI is InChI=1S/C15H23N3OS/c1-2-19-13(10-6-4-3-5-7-10)15-17-12-9-20-8-11(12)14(16)18-15/h10,13H,2-9H2,1H3,(H2,16,17,18). The third-order valence-corrected chi connectivity index (χ3v) is 5.28. The molecule has 3 rings (SSSR count). The van der Waals surface area contributed by atoms with Crippen LogP contribution in [0.3, 0.4) is 0 Å². The Balaban J connectivity index is 1.88. The van der Waals surface area contributed by atoms with Crippen molar-refractivity contribution >= 4 is 17.6 Å². The van der Waals surface area contributed by atoms with Crippen LogP contribution in [0.25, 0.3) is 0 Å². The van der Waals surface area contributed by atoms with Crippen molar-refractivity contribution in [2.24, 2.45) is 5.92 Å². The van der Waals surface area contributed by atoms with Crippen molar-refractivity contribution in [2.45, 2.75) is 56.6 Å². The maximum absolute atomic E-state index is 6.12. The maximum Gasteiger partial charge on any atom is 0.160 e. The van der Waals surface area contributed by atoms with Gasteiger partial charge in [0.25, 0.3) is 0 Å². The van der Waals surface area contributed by atoms with Gasteiger partial charge in [-0.15, -0.1) is 0 Å². The molecule has 2 heterocycles. The van der Waals surface area contributed by atoms with Gasteiger partial charge >= 0.3 is 0 Å². The zero-order valence-electron chi connectivity index (χ0n) is 12.1. The Bertz CT molecular complexity index is 474. The predicted molar refractivity (Wildman–Crippen MR) is 82.4 cm³/mol. The van der Waals surface area contributed by atoms with Crippen LogP contribution >= 0.6 is 11.8 Å². The second-order valence-corrected chi connectivity index (χ2v) is 6.64. The van der Waals surface area contributed by atoms with Crippen molar-refractivity contribution in [1.82, 2.24) is 9.97 Å². The van der Waals surface area contributed by atoms with Crippen molar-refractivity contribution in [2.75, 3.05) is 12.3 Å². The zero-order valence-corrected chi connectivity index (χ0v) is 12.9. The molecule has 20 heavy (non-hydrogen) atoms. The summed E-state index contributed by atoms with van der Waals surface area (Å²) >= 11 is 1.86. The number of anilines is 1. The number of fused-ring (bicyclic) bond motifs is 1. The first-order chi connectivity index (χ1) is 9.79. The summed E-state index contributed by atoms with van der Waals surface area (Å²) in [4.78, 5) is 9.34. The third kappa shape index (κ3) is 2.79. The Morgan fingerprint density at radius 2 is 2.05 bits per heavy atom. The first kappa shape index (κ1) is 14.1. The fourth-order valence-corrected chi connectivity index (χ4v) is 4.31. The molecule has 0 radical (unpaired) electrons. The lowest BCUT2D eigenvalue weighted by atomic mass is 9.85. The minimum absolute atomic E-state index is 0.0264. The molecule has 0 saturated heterocycles. The summed E-state index contributed by atoms with van der Waals surface area (Å²) in [5, 5.41) is 0. The smallest absolute Gasteiger partial charge is 0.160 e. The summed E-state index contributed by atoms with van der Waals surface area (Å²) in [5.41, 5.74) is 8.38. The fourth-order valence-electron chi connectivity index (χ4n) is 3.26. The number of hydrogen-bond donors (Lipinski definition) is 1. The van der Waals surface area contributed by atoms with E-state index in [2.05, 4.69) is 4.98 Å². The third-order valence-electron chi connectivity index (χ3n) is 4.31. The fraction of sp³-hybridized carbons (Fsp3) is 0.733. The van der Waals surface area contributed by atoms with Gasteiger partial charge in [-0.25, -0.2) is 9.97 Å².